The number of hydrogen-bond donors (Lipinski definition) is 3. The zero-order valence-corrected chi connectivity index (χ0v) is 28.1. The third-order valence-corrected chi connectivity index (χ3v) is 9.63. The highest BCUT2D eigenvalue weighted by Gasteiger charge is 2.34. The van der Waals surface area contributed by atoms with Gasteiger partial charge in [-0.05, 0) is 83.2 Å². The lowest BCUT2D eigenvalue weighted by Crippen LogP contribution is -2.51. The molecule has 236 valence electrons. The second-order valence-electron chi connectivity index (χ2n) is 11.6. The van der Waals surface area contributed by atoms with Crippen LogP contribution in [0.4, 0.5) is 16.2 Å². The van der Waals surface area contributed by atoms with Gasteiger partial charge in [0.05, 0.1) is 9.77 Å². The molecule has 11 nitrogen and oxygen atoms in total. The standard InChI is InChI=1S/C30H38N6O5S3/c1-19(2)32-28(42)34-22-9-7-21(8-10-22)27-31-18-25(43-27)24-12-11-23(33-20(3)37)17-26(24)44(39,40)36-15-13-35(14-16-36)29(38)41-30(4,5)6/h7-12,17-19H,13-16H2,1-6H3,(H,33,37)(H2,32,34,42). The fourth-order valence-corrected chi connectivity index (χ4v) is 7.49. The summed E-state index contributed by atoms with van der Waals surface area (Å²) in [7, 11) is -4.01. The lowest BCUT2D eigenvalue weighted by atomic mass is 10.2. The van der Waals surface area contributed by atoms with Crippen LogP contribution >= 0.6 is 23.6 Å². The molecule has 1 aliphatic rings. The predicted octanol–water partition coefficient (Wildman–Crippen LogP) is 5.37. The summed E-state index contributed by atoms with van der Waals surface area (Å²) in [5.41, 5.74) is 1.89. The van der Waals surface area contributed by atoms with Crippen molar-refractivity contribution in [3.8, 4) is 21.0 Å². The molecule has 3 aromatic rings. The van der Waals surface area contributed by atoms with Crippen molar-refractivity contribution in [3.63, 3.8) is 0 Å². The second-order valence-corrected chi connectivity index (χ2v) is 15.0. The number of anilines is 2. The SMILES string of the molecule is CC(=O)Nc1ccc(-c2cnc(-c3ccc(NC(=S)NC(C)C)cc3)s2)c(S(=O)(=O)N2CCN(C(=O)OC(C)(C)C)CC2)c1. The third kappa shape index (κ3) is 8.52. The van der Waals surface area contributed by atoms with Crippen LogP contribution in [0.1, 0.15) is 41.5 Å². The fourth-order valence-electron chi connectivity index (χ4n) is 4.45. The number of nitrogens with one attached hydrogen (secondary N) is 3. The van der Waals surface area contributed by atoms with Crippen LogP contribution in [0.25, 0.3) is 21.0 Å². The van der Waals surface area contributed by atoms with Crippen molar-refractivity contribution in [2.45, 2.75) is 58.1 Å². The van der Waals surface area contributed by atoms with Crippen molar-refractivity contribution in [2.24, 2.45) is 0 Å². The van der Waals surface area contributed by atoms with E-state index in [0.717, 1.165) is 16.3 Å². The van der Waals surface area contributed by atoms with Gasteiger partial charge >= 0.3 is 6.09 Å². The molecule has 1 fully saturated rings. The zero-order valence-electron chi connectivity index (χ0n) is 25.6. The summed E-state index contributed by atoms with van der Waals surface area (Å²) in [6.45, 7) is 11.3. The number of carbonyl (C=O) groups is 2. The van der Waals surface area contributed by atoms with Crippen LogP contribution in [0.3, 0.4) is 0 Å². The molecule has 2 aromatic carbocycles. The van der Waals surface area contributed by atoms with Gasteiger partial charge in [-0.1, -0.05) is 6.07 Å². The van der Waals surface area contributed by atoms with Gasteiger partial charge in [0.15, 0.2) is 5.11 Å². The number of piperazine rings is 1. The van der Waals surface area contributed by atoms with E-state index in [-0.39, 0.29) is 43.0 Å². The number of thiazole rings is 1. The highest BCUT2D eigenvalue weighted by atomic mass is 32.2. The molecule has 0 unspecified atom stereocenters. The molecule has 1 saturated heterocycles. The molecule has 2 amide bonds. The van der Waals surface area contributed by atoms with Crippen molar-refractivity contribution in [3.05, 3.63) is 48.7 Å². The third-order valence-electron chi connectivity index (χ3n) is 6.39. The van der Waals surface area contributed by atoms with Gasteiger partial charge in [0, 0.05) is 67.8 Å². The van der Waals surface area contributed by atoms with Crippen molar-refractivity contribution >= 4 is 62.1 Å². The molecule has 1 aliphatic heterocycles. The lowest BCUT2D eigenvalue weighted by Gasteiger charge is -2.35. The van der Waals surface area contributed by atoms with Gasteiger partial charge in [-0.15, -0.1) is 11.3 Å². The second kappa shape index (κ2) is 13.6. The van der Waals surface area contributed by atoms with E-state index in [9.17, 15) is 18.0 Å². The summed E-state index contributed by atoms with van der Waals surface area (Å²) in [4.78, 5) is 31.1. The van der Waals surface area contributed by atoms with E-state index in [4.69, 9.17) is 17.0 Å². The number of ether oxygens (including phenoxy) is 1. The van der Waals surface area contributed by atoms with Crippen molar-refractivity contribution in [1.29, 1.82) is 0 Å². The number of sulfonamides is 1. The Kier molecular flexibility index (Phi) is 10.3. The van der Waals surface area contributed by atoms with Crippen LogP contribution in [0.15, 0.2) is 53.6 Å². The smallest absolute Gasteiger partial charge is 0.410 e. The molecule has 44 heavy (non-hydrogen) atoms. The highest BCUT2D eigenvalue weighted by Crippen LogP contribution is 2.38. The summed E-state index contributed by atoms with van der Waals surface area (Å²) in [6, 6.07) is 12.7. The molecule has 2 heterocycles. The number of thiocarbonyl (C=S) groups is 1. The number of nitrogens with zero attached hydrogens (tertiary/aromatic N) is 3. The number of hydrogen-bond acceptors (Lipinski definition) is 8. The minimum Gasteiger partial charge on any atom is -0.444 e. The highest BCUT2D eigenvalue weighted by molar-refractivity contribution is 7.89. The van der Waals surface area contributed by atoms with E-state index in [1.807, 2.05) is 38.1 Å². The molecule has 0 saturated carbocycles. The van der Waals surface area contributed by atoms with E-state index in [0.29, 0.717) is 21.2 Å². The van der Waals surface area contributed by atoms with Crippen LogP contribution < -0.4 is 16.0 Å². The van der Waals surface area contributed by atoms with Crippen LogP contribution in [-0.2, 0) is 19.6 Å². The Labute approximate surface area is 268 Å². The summed E-state index contributed by atoms with van der Waals surface area (Å²) in [5.74, 6) is -0.314. The van der Waals surface area contributed by atoms with Crippen LogP contribution in [0.2, 0.25) is 0 Å². The van der Waals surface area contributed by atoms with Gasteiger partial charge in [0.1, 0.15) is 10.6 Å². The van der Waals surface area contributed by atoms with Crippen LogP contribution in [-0.4, -0.2) is 77.5 Å². The molecular formula is C30H38N6O5S3. The van der Waals surface area contributed by atoms with E-state index >= 15 is 0 Å². The van der Waals surface area contributed by atoms with Gasteiger partial charge in [0.2, 0.25) is 15.9 Å². The molecular weight excluding hydrogens is 621 g/mol. The number of amides is 2. The zero-order chi connectivity index (χ0) is 32.2. The van der Waals surface area contributed by atoms with Crippen molar-refractivity contribution in [1.82, 2.24) is 19.5 Å². The minimum absolute atomic E-state index is 0.0513. The normalized spacial score (nSPS) is 14.3. The summed E-state index contributed by atoms with van der Waals surface area (Å²) in [5, 5.41) is 10.2. The molecule has 0 atom stereocenters. The Hall–Kier alpha value is -3.59. The predicted molar refractivity (Wildman–Crippen MR) is 178 cm³/mol. The number of aromatic nitrogens is 1. The summed E-state index contributed by atoms with van der Waals surface area (Å²) < 4.78 is 34.9. The first kappa shape index (κ1) is 33.3. The number of benzene rings is 2. The Bertz CT molecular complexity index is 1620. The van der Waals surface area contributed by atoms with Gasteiger partial charge < -0.3 is 25.6 Å². The molecule has 0 spiro atoms. The van der Waals surface area contributed by atoms with E-state index < -0.39 is 21.7 Å². The first-order valence-electron chi connectivity index (χ1n) is 14.2. The maximum absolute atomic E-state index is 14.0. The first-order valence-corrected chi connectivity index (χ1v) is 16.8. The molecule has 1 aromatic heterocycles. The topological polar surface area (TPSA) is 133 Å². The minimum atomic E-state index is -4.01. The largest absolute Gasteiger partial charge is 0.444 e. The molecule has 0 bridgehead atoms. The Balaban J connectivity index is 1.59. The van der Waals surface area contributed by atoms with Crippen molar-refractivity contribution in [2.75, 3.05) is 36.8 Å². The Morgan fingerprint density at radius 1 is 1.00 bits per heavy atom. The van der Waals surface area contributed by atoms with Gasteiger partial charge in [-0.2, -0.15) is 4.31 Å². The van der Waals surface area contributed by atoms with Crippen LogP contribution in [0, 0.1) is 0 Å². The van der Waals surface area contributed by atoms with Gasteiger partial charge in [-0.3, -0.25) is 4.79 Å². The average molecular weight is 659 g/mol. The molecule has 4 rings (SSSR count). The fraction of sp³-hybridized carbons (Fsp3) is 0.400. The van der Waals surface area contributed by atoms with Gasteiger partial charge in [0.25, 0.3) is 0 Å². The molecule has 14 heteroatoms. The van der Waals surface area contributed by atoms with Crippen molar-refractivity contribution < 1.29 is 22.7 Å². The van der Waals surface area contributed by atoms with Gasteiger partial charge in [-0.25, -0.2) is 18.2 Å². The Morgan fingerprint density at radius 3 is 2.23 bits per heavy atom. The van der Waals surface area contributed by atoms with E-state index in [2.05, 4.69) is 20.9 Å². The molecule has 0 aliphatic carbocycles. The molecule has 0 radical (unpaired) electrons. The van der Waals surface area contributed by atoms with E-state index in [1.165, 1.54) is 33.5 Å². The van der Waals surface area contributed by atoms with E-state index in [1.54, 1.807) is 39.1 Å². The summed E-state index contributed by atoms with van der Waals surface area (Å²) >= 11 is 6.69. The average Bonchev–Trinajstić information content (AvgIpc) is 3.42. The lowest BCUT2D eigenvalue weighted by molar-refractivity contribution is -0.114. The number of carbonyl (C=O) groups excluding carboxylic acids is 2. The maximum Gasteiger partial charge on any atom is 0.410 e. The Morgan fingerprint density at radius 2 is 1.64 bits per heavy atom. The molecule has 3 N–H and O–H groups in total. The maximum atomic E-state index is 14.0. The quantitative estimate of drug-likeness (QED) is 0.287. The summed E-state index contributed by atoms with van der Waals surface area (Å²) in [6.07, 6.45) is 1.18. The monoisotopic (exact) mass is 658 g/mol. The number of rotatable bonds is 7. The first-order chi connectivity index (χ1) is 20.6. The van der Waals surface area contributed by atoms with Crippen LogP contribution in [0.5, 0.6) is 0 Å².